The third-order valence-corrected chi connectivity index (χ3v) is 2.87. The first-order valence-corrected chi connectivity index (χ1v) is 6.80. The summed E-state index contributed by atoms with van der Waals surface area (Å²) in [5, 5.41) is 6.64. The van der Waals surface area contributed by atoms with Crippen LogP contribution in [0.15, 0.2) is 29.4 Å². The fraction of sp³-hybridized carbons (Fsp3) is 0.400. The second kappa shape index (κ2) is 8.14. The van der Waals surface area contributed by atoms with Crippen LogP contribution in [0.3, 0.4) is 0 Å². The lowest BCUT2D eigenvalue weighted by Crippen LogP contribution is -2.33. The van der Waals surface area contributed by atoms with Crippen LogP contribution in [0, 0.1) is 5.82 Å². The fourth-order valence-corrected chi connectivity index (χ4v) is 1.54. The molecule has 0 radical (unpaired) electrons. The molecule has 0 aromatic heterocycles. The summed E-state index contributed by atoms with van der Waals surface area (Å²) in [6.07, 6.45) is 0.950. The Morgan fingerprint density at radius 3 is 2.71 bits per heavy atom. The minimum Gasteiger partial charge on any atom is -0.353 e. The summed E-state index contributed by atoms with van der Waals surface area (Å²) in [4.78, 5) is 23.4. The first-order valence-electron chi connectivity index (χ1n) is 6.80. The van der Waals surface area contributed by atoms with Crippen molar-refractivity contribution in [2.24, 2.45) is 5.10 Å². The smallest absolute Gasteiger partial charge is 0.271 e. The van der Waals surface area contributed by atoms with Crippen molar-refractivity contribution >= 4 is 17.5 Å². The van der Waals surface area contributed by atoms with E-state index in [4.69, 9.17) is 0 Å². The first-order chi connectivity index (χ1) is 9.92. The number of amides is 2. The molecule has 0 aliphatic heterocycles. The molecular weight excluding hydrogens is 273 g/mol. The Hall–Kier alpha value is -2.24. The van der Waals surface area contributed by atoms with Gasteiger partial charge in [0.05, 0.1) is 6.42 Å². The zero-order valence-corrected chi connectivity index (χ0v) is 12.4. The van der Waals surface area contributed by atoms with E-state index >= 15 is 0 Å². The van der Waals surface area contributed by atoms with Gasteiger partial charge >= 0.3 is 0 Å². The van der Waals surface area contributed by atoms with E-state index < -0.39 is 11.7 Å². The molecule has 1 atom stereocenters. The Bertz CT molecular complexity index is 543. The average molecular weight is 293 g/mol. The predicted molar refractivity (Wildman–Crippen MR) is 79.5 cm³/mol. The molecule has 0 saturated carbocycles. The zero-order valence-electron chi connectivity index (χ0n) is 12.4. The molecule has 0 fully saturated rings. The van der Waals surface area contributed by atoms with E-state index in [1.807, 2.05) is 13.8 Å². The highest BCUT2D eigenvalue weighted by Crippen LogP contribution is 2.03. The predicted octanol–water partition coefficient (Wildman–Crippen LogP) is 2.24. The van der Waals surface area contributed by atoms with E-state index in [1.165, 1.54) is 18.2 Å². The van der Waals surface area contributed by atoms with Gasteiger partial charge in [0.1, 0.15) is 5.82 Å². The lowest BCUT2D eigenvalue weighted by molar-refractivity contribution is -0.120. The Morgan fingerprint density at radius 1 is 1.38 bits per heavy atom. The summed E-state index contributed by atoms with van der Waals surface area (Å²) in [6, 6.07) is 5.41. The Morgan fingerprint density at radius 2 is 2.10 bits per heavy atom. The molecule has 1 unspecified atom stereocenters. The van der Waals surface area contributed by atoms with Gasteiger partial charge in [0.15, 0.2) is 0 Å². The van der Waals surface area contributed by atoms with Gasteiger partial charge in [0, 0.05) is 17.3 Å². The van der Waals surface area contributed by atoms with Crippen molar-refractivity contribution in [1.29, 1.82) is 0 Å². The number of rotatable bonds is 6. The van der Waals surface area contributed by atoms with Crippen molar-refractivity contribution in [3.8, 4) is 0 Å². The SMILES string of the molecule is CCC(C)NC(=O)C/C(C)=N/NC(=O)c1cccc(F)c1. The molecule has 0 saturated heterocycles. The van der Waals surface area contributed by atoms with Gasteiger partial charge in [0.2, 0.25) is 5.91 Å². The monoisotopic (exact) mass is 293 g/mol. The minimum atomic E-state index is -0.517. The summed E-state index contributed by atoms with van der Waals surface area (Å²) < 4.78 is 13.0. The molecule has 1 aromatic carbocycles. The number of halogens is 1. The van der Waals surface area contributed by atoms with Crippen molar-refractivity contribution in [1.82, 2.24) is 10.7 Å². The van der Waals surface area contributed by atoms with Crippen LogP contribution in [-0.2, 0) is 4.79 Å². The first kappa shape index (κ1) is 16.8. The normalized spacial score (nSPS) is 12.7. The van der Waals surface area contributed by atoms with Crippen molar-refractivity contribution < 1.29 is 14.0 Å². The van der Waals surface area contributed by atoms with Crippen molar-refractivity contribution in [3.05, 3.63) is 35.6 Å². The summed E-state index contributed by atoms with van der Waals surface area (Å²) in [7, 11) is 0. The van der Waals surface area contributed by atoms with Gasteiger partial charge in [-0.2, -0.15) is 5.10 Å². The molecule has 0 heterocycles. The lowest BCUT2D eigenvalue weighted by atomic mass is 10.2. The molecule has 1 rings (SSSR count). The molecule has 0 spiro atoms. The van der Waals surface area contributed by atoms with Gasteiger partial charge < -0.3 is 5.32 Å². The van der Waals surface area contributed by atoms with Gasteiger partial charge in [-0.1, -0.05) is 13.0 Å². The number of nitrogens with one attached hydrogen (secondary N) is 2. The van der Waals surface area contributed by atoms with Crippen LogP contribution in [0.25, 0.3) is 0 Å². The van der Waals surface area contributed by atoms with E-state index in [9.17, 15) is 14.0 Å². The number of nitrogens with zero attached hydrogens (tertiary/aromatic N) is 1. The van der Waals surface area contributed by atoms with Gasteiger partial charge in [-0.3, -0.25) is 9.59 Å². The van der Waals surface area contributed by atoms with Crippen LogP contribution >= 0.6 is 0 Å². The van der Waals surface area contributed by atoms with E-state index in [2.05, 4.69) is 15.8 Å². The molecule has 1 aromatic rings. The maximum Gasteiger partial charge on any atom is 0.271 e. The number of hydrogen-bond acceptors (Lipinski definition) is 3. The van der Waals surface area contributed by atoms with E-state index in [0.717, 1.165) is 12.5 Å². The quantitative estimate of drug-likeness (QED) is 0.623. The Kier molecular flexibility index (Phi) is 6.52. The molecule has 0 bridgehead atoms. The minimum absolute atomic E-state index is 0.104. The van der Waals surface area contributed by atoms with Crippen LogP contribution in [-0.4, -0.2) is 23.6 Å². The largest absolute Gasteiger partial charge is 0.353 e. The zero-order chi connectivity index (χ0) is 15.8. The molecule has 2 amide bonds. The van der Waals surface area contributed by atoms with Gasteiger partial charge in [0.25, 0.3) is 5.91 Å². The molecule has 114 valence electrons. The second-order valence-corrected chi connectivity index (χ2v) is 4.85. The topological polar surface area (TPSA) is 70.6 Å². The second-order valence-electron chi connectivity index (χ2n) is 4.85. The molecule has 0 aliphatic rings. The molecule has 6 heteroatoms. The third-order valence-electron chi connectivity index (χ3n) is 2.87. The molecule has 5 nitrogen and oxygen atoms in total. The highest BCUT2D eigenvalue weighted by atomic mass is 19.1. The van der Waals surface area contributed by atoms with Gasteiger partial charge in [-0.05, 0) is 38.5 Å². The Labute approximate surface area is 123 Å². The number of hydrogen-bond donors (Lipinski definition) is 2. The van der Waals surface area contributed by atoms with Crippen LogP contribution in [0.2, 0.25) is 0 Å². The Balaban J connectivity index is 2.52. The molecular formula is C15H20FN3O2. The van der Waals surface area contributed by atoms with E-state index in [0.29, 0.717) is 5.71 Å². The lowest BCUT2D eigenvalue weighted by Gasteiger charge is -2.10. The van der Waals surface area contributed by atoms with Crippen LogP contribution < -0.4 is 10.7 Å². The highest BCUT2D eigenvalue weighted by molar-refractivity contribution is 6.01. The van der Waals surface area contributed by atoms with E-state index in [-0.39, 0.29) is 23.9 Å². The summed E-state index contributed by atoms with van der Waals surface area (Å²) in [5.41, 5.74) is 2.95. The molecule has 2 N–H and O–H groups in total. The molecule has 0 aliphatic carbocycles. The van der Waals surface area contributed by atoms with Gasteiger partial charge in [-0.25, -0.2) is 9.82 Å². The standard InChI is InChI=1S/C15H20FN3O2/c1-4-10(2)17-14(20)8-11(3)18-19-15(21)12-6-5-7-13(16)9-12/h5-7,9-10H,4,8H2,1-3H3,(H,17,20)(H,19,21)/b18-11+. The fourth-order valence-electron chi connectivity index (χ4n) is 1.54. The summed E-state index contributed by atoms with van der Waals surface area (Å²) in [6.45, 7) is 5.53. The van der Waals surface area contributed by atoms with E-state index in [1.54, 1.807) is 6.92 Å². The summed E-state index contributed by atoms with van der Waals surface area (Å²) >= 11 is 0. The van der Waals surface area contributed by atoms with Gasteiger partial charge in [-0.15, -0.1) is 0 Å². The van der Waals surface area contributed by atoms with Crippen LogP contribution in [0.4, 0.5) is 4.39 Å². The average Bonchev–Trinajstić information content (AvgIpc) is 2.44. The number of hydrazone groups is 1. The van der Waals surface area contributed by atoms with Crippen LogP contribution in [0.5, 0.6) is 0 Å². The number of benzene rings is 1. The third kappa shape index (κ3) is 6.16. The van der Waals surface area contributed by atoms with Crippen molar-refractivity contribution in [2.75, 3.05) is 0 Å². The van der Waals surface area contributed by atoms with Crippen LogP contribution in [0.1, 0.15) is 44.0 Å². The van der Waals surface area contributed by atoms with Crippen molar-refractivity contribution in [2.45, 2.75) is 39.7 Å². The maximum absolute atomic E-state index is 13.0. The number of carbonyl (C=O) groups excluding carboxylic acids is 2. The maximum atomic E-state index is 13.0. The molecule has 21 heavy (non-hydrogen) atoms. The van der Waals surface area contributed by atoms with Crippen molar-refractivity contribution in [3.63, 3.8) is 0 Å². The number of carbonyl (C=O) groups is 2. The highest BCUT2D eigenvalue weighted by Gasteiger charge is 2.08. The summed E-state index contributed by atoms with van der Waals surface area (Å²) in [5.74, 6) is -1.15.